The molecule has 0 saturated heterocycles. The van der Waals surface area contributed by atoms with Gasteiger partial charge in [-0.15, -0.1) is 0 Å². The minimum atomic E-state index is 0.229. The van der Waals surface area contributed by atoms with E-state index < -0.39 is 0 Å². The molecule has 0 atom stereocenters. The molecule has 7 heteroatoms. The summed E-state index contributed by atoms with van der Waals surface area (Å²) in [4.78, 5) is 8.03. The Labute approximate surface area is 137 Å². The molecule has 24 heavy (non-hydrogen) atoms. The Kier molecular flexibility index (Phi) is 3.24. The van der Waals surface area contributed by atoms with Crippen molar-refractivity contribution in [2.45, 2.75) is 0 Å². The number of nitrogens with one attached hydrogen (secondary N) is 2. The van der Waals surface area contributed by atoms with Crippen LogP contribution in [-0.2, 0) is 0 Å². The van der Waals surface area contributed by atoms with E-state index in [9.17, 15) is 0 Å². The van der Waals surface area contributed by atoms with Crippen LogP contribution in [0.2, 0.25) is 0 Å². The van der Waals surface area contributed by atoms with Crippen molar-refractivity contribution in [1.29, 1.82) is 0 Å². The molecule has 2 aromatic heterocycles. The third-order valence-electron chi connectivity index (χ3n) is 3.69. The molecule has 0 aliphatic rings. The highest BCUT2D eigenvalue weighted by atomic mass is 15.1. The van der Waals surface area contributed by atoms with Gasteiger partial charge < -0.3 is 16.8 Å². The fraction of sp³-hybridized carbons (Fsp3) is 0. The summed E-state index contributed by atoms with van der Waals surface area (Å²) in [5.74, 6) is 0.867. The Hall–Kier alpha value is -3.61. The van der Waals surface area contributed by atoms with Gasteiger partial charge in [0.05, 0.1) is 11.2 Å². The highest BCUT2D eigenvalue weighted by Crippen LogP contribution is 2.29. The number of aromatic amines is 1. The molecule has 6 N–H and O–H groups in total. The summed E-state index contributed by atoms with van der Waals surface area (Å²) in [6.45, 7) is 0. The van der Waals surface area contributed by atoms with Gasteiger partial charge in [0.15, 0.2) is 0 Å². The molecule has 0 bridgehead atoms. The number of aromatic nitrogens is 4. The maximum atomic E-state index is 5.75. The molecule has 0 aliphatic carbocycles. The van der Waals surface area contributed by atoms with Crippen molar-refractivity contribution in [2.75, 3.05) is 16.8 Å². The maximum absolute atomic E-state index is 5.75. The second kappa shape index (κ2) is 5.54. The van der Waals surface area contributed by atoms with E-state index in [1.165, 1.54) is 0 Å². The Bertz CT molecular complexity index is 1010. The van der Waals surface area contributed by atoms with E-state index in [1.54, 1.807) is 12.3 Å². The number of hydrogen-bond donors (Lipinski definition) is 4. The van der Waals surface area contributed by atoms with Crippen LogP contribution in [0.25, 0.3) is 22.2 Å². The molecule has 7 nitrogen and oxygen atoms in total. The lowest BCUT2D eigenvalue weighted by Gasteiger charge is -2.06. The lowest BCUT2D eigenvalue weighted by Crippen LogP contribution is -1.98. The monoisotopic (exact) mass is 317 g/mol. The van der Waals surface area contributed by atoms with Crippen molar-refractivity contribution in [3.05, 3.63) is 54.7 Å². The van der Waals surface area contributed by atoms with Crippen molar-refractivity contribution in [3.8, 4) is 11.3 Å². The maximum Gasteiger partial charge on any atom is 0.221 e. The Morgan fingerprint density at radius 3 is 2.58 bits per heavy atom. The average molecular weight is 317 g/mol. The second-order valence-corrected chi connectivity index (χ2v) is 5.38. The van der Waals surface area contributed by atoms with E-state index in [4.69, 9.17) is 11.5 Å². The molecule has 0 saturated carbocycles. The molecule has 0 unspecified atom stereocenters. The number of benzene rings is 2. The molecule has 0 radical (unpaired) electrons. The molecule has 118 valence electrons. The topological polar surface area (TPSA) is 119 Å². The predicted octanol–water partition coefficient (Wildman–Crippen LogP) is 2.93. The second-order valence-electron chi connectivity index (χ2n) is 5.38. The highest BCUT2D eigenvalue weighted by molar-refractivity contribution is 5.95. The first kappa shape index (κ1) is 14.0. The molecule has 4 rings (SSSR count). The van der Waals surface area contributed by atoms with E-state index in [-0.39, 0.29) is 5.95 Å². The van der Waals surface area contributed by atoms with E-state index in [0.29, 0.717) is 5.82 Å². The molecular weight excluding hydrogens is 302 g/mol. The van der Waals surface area contributed by atoms with Crippen LogP contribution in [0.4, 0.5) is 23.1 Å². The zero-order chi connectivity index (χ0) is 16.5. The minimum Gasteiger partial charge on any atom is -0.399 e. The number of rotatable bonds is 3. The van der Waals surface area contributed by atoms with E-state index in [2.05, 4.69) is 25.5 Å². The standard InChI is InChI=1S/C17H15N7/c18-11-3-1-10(2-4-11)16-13-9-12(5-6-14(13)23-24-16)21-15-7-8-20-17(19)22-15/h1-9H,18H2,(H,23,24)(H3,19,20,21,22). The summed E-state index contributed by atoms with van der Waals surface area (Å²) in [5, 5.41) is 11.7. The van der Waals surface area contributed by atoms with Gasteiger partial charge in [0.25, 0.3) is 0 Å². The summed E-state index contributed by atoms with van der Waals surface area (Å²) >= 11 is 0. The van der Waals surface area contributed by atoms with Crippen molar-refractivity contribution >= 4 is 34.0 Å². The molecule has 0 aliphatic heterocycles. The van der Waals surface area contributed by atoms with Crippen molar-refractivity contribution in [3.63, 3.8) is 0 Å². The minimum absolute atomic E-state index is 0.229. The number of anilines is 4. The highest BCUT2D eigenvalue weighted by Gasteiger charge is 2.09. The largest absolute Gasteiger partial charge is 0.399 e. The lowest BCUT2D eigenvalue weighted by atomic mass is 10.1. The summed E-state index contributed by atoms with van der Waals surface area (Å²) < 4.78 is 0. The molecule has 0 spiro atoms. The quantitative estimate of drug-likeness (QED) is 0.431. The zero-order valence-electron chi connectivity index (χ0n) is 12.7. The van der Waals surface area contributed by atoms with Crippen molar-refractivity contribution in [2.24, 2.45) is 0 Å². The Morgan fingerprint density at radius 2 is 1.79 bits per heavy atom. The van der Waals surface area contributed by atoms with Crippen LogP contribution in [0.15, 0.2) is 54.7 Å². The van der Waals surface area contributed by atoms with Crippen LogP contribution in [-0.4, -0.2) is 20.2 Å². The smallest absolute Gasteiger partial charge is 0.221 e. The number of H-pyrrole nitrogens is 1. The van der Waals surface area contributed by atoms with Crippen LogP contribution in [0, 0.1) is 0 Å². The SMILES string of the molecule is Nc1ccc(-c2n[nH]c3ccc(Nc4ccnc(N)n4)cc23)cc1. The number of nitrogen functional groups attached to an aromatic ring is 2. The molecule has 2 aromatic carbocycles. The fourth-order valence-corrected chi connectivity index (χ4v) is 2.54. The average Bonchev–Trinajstić information content (AvgIpc) is 2.99. The van der Waals surface area contributed by atoms with Crippen molar-refractivity contribution in [1.82, 2.24) is 20.2 Å². The third-order valence-corrected chi connectivity index (χ3v) is 3.69. The summed E-state index contributed by atoms with van der Waals surface area (Å²) in [7, 11) is 0. The predicted molar refractivity (Wildman–Crippen MR) is 95.7 cm³/mol. The van der Waals surface area contributed by atoms with E-state index in [0.717, 1.165) is 33.5 Å². The fourth-order valence-electron chi connectivity index (χ4n) is 2.54. The van der Waals surface area contributed by atoms with Gasteiger partial charge in [-0.05, 0) is 36.4 Å². The summed E-state index contributed by atoms with van der Waals surface area (Å²) in [6, 6.07) is 15.3. The molecular formula is C17H15N7. The normalized spacial score (nSPS) is 10.8. The van der Waals surface area contributed by atoms with Crippen LogP contribution in [0.1, 0.15) is 0 Å². The number of nitrogens with two attached hydrogens (primary N) is 2. The Balaban J connectivity index is 1.74. The van der Waals surface area contributed by atoms with Gasteiger partial charge in [-0.1, -0.05) is 12.1 Å². The van der Waals surface area contributed by atoms with E-state index >= 15 is 0 Å². The van der Waals surface area contributed by atoms with Gasteiger partial charge in [-0.2, -0.15) is 10.1 Å². The summed E-state index contributed by atoms with van der Waals surface area (Å²) in [5.41, 5.74) is 15.8. The van der Waals surface area contributed by atoms with Gasteiger partial charge in [0, 0.05) is 28.5 Å². The molecule has 2 heterocycles. The van der Waals surface area contributed by atoms with Gasteiger partial charge in [0.2, 0.25) is 5.95 Å². The van der Waals surface area contributed by atoms with Gasteiger partial charge >= 0.3 is 0 Å². The van der Waals surface area contributed by atoms with E-state index in [1.807, 2.05) is 42.5 Å². The van der Waals surface area contributed by atoms with Crippen molar-refractivity contribution < 1.29 is 0 Å². The van der Waals surface area contributed by atoms with Crippen LogP contribution >= 0.6 is 0 Å². The molecule has 4 aromatic rings. The van der Waals surface area contributed by atoms with Crippen LogP contribution in [0.5, 0.6) is 0 Å². The first-order valence-corrected chi connectivity index (χ1v) is 7.38. The summed E-state index contributed by atoms with van der Waals surface area (Å²) in [6.07, 6.45) is 1.61. The van der Waals surface area contributed by atoms with Gasteiger partial charge in [-0.3, -0.25) is 5.10 Å². The molecule has 0 fully saturated rings. The van der Waals surface area contributed by atoms with Crippen LogP contribution < -0.4 is 16.8 Å². The van der Waals surface area contributed by atoms with Crippen LogP contribution in [0.3, 0.4) is 0 Å². The molecule has 0 amide bonds. The third kappa shape index (κ3) is 2.58. The van der Waals surface area contributed by atoms with Gasteiger partial charge in [-0.25, -0.2) is 4.98 Å². The first-order chi connectivity index (χ1) is 11.7. The zero-order valence-corrected chi connectivity index (χ0v) is 12.7. The van der Waals surface area contributed by atoms with Gasteiger partial charge in [0.1, 0.15) is 5.82 Å². The Morgan fingerprint density at radius 1 is 0.958 bits per heavy atom. The lowest BCUT2D eigenvalue weighted by molar-refractivity contribution is 1.12. The number of nitrogens with zero attached hydrogens (tertiary/aromatic N) is 3. The first-order valence-electron chi connectivity index (χ1n) is 7.38. The number of fused-ring (bicyclic) bond motifs is 1. The number of hydrogen-bond acceptors (Lipinski definition) is 6.